The second-order valence-electron chi connectivity index (χ2n) is 5.32. The van der Waals surface area contributed by atoms with E-state index in [1.807, 2.05) is 6.07 Å². The van der Waals surface area contributed by atoms with Crippen LogP contribution in [0.4, 0.5) is 10.5 Å². The van der Waals surface area contributed by atoms with Crippen molar-refractivity contribution in [3.05, 3.63) is 29.8 Å². The summed E-state index contributed by atoms with van der Waals surface area (Å²) in [6.07, 6.45) is 2.06. The summed E-state index contributed by atoms with van der Waals surface area (Å²) in [4.78, 5) is 24.7. The molecule has 2 amide bonds. The van der Waals surface area contributed by atoms with Gasteiger partial charge in [-0.05, 0) is 31.0 Å². The number of nitrogens with zero attached hydrogens (tertiary/aromatic N) is 2. The molecule has 0 aromatic heterocycles. The minimum absolute atomic E-state index is 0.128. The summed E-state index contributed by atoms with van der Waals surface area (Å²) in [7, 11) is 1.58. The van der Waals surface area contributed by atoms with Gasteiger partial charge >= 0.3 is 12.0 Å². The molecule has 0 aliphatic heterocycles. The van der Waals surface area contributed by atoms with Gasteiger partial charge in [-0.2, -0.15) is 5.26 Å². The van der Waals surface area contributed by atoms with Gasteiger partial charge in [0.25, 0.3) is 0 Å². The van der Waals surface area contributed by atoms with Crippen molar-refractivity contribution in [3.63, 3.8) is 0 Å². The first-order valence-corrected chi connectivity index (χ1v) is 6.74. The third-order valence-corrected chi connectivity index (χ3v) is 4.01. The van der Waals surface area contributed by atoms with E-state index >= 15 is 0 Å². The lowest BCUT2D eigenvalue weighted by atomic mass is 9.69. The van der Waals surface area contributed by atoms with Crippen LogP contribution < -0.4 is 10.2 Å². The monoisotopic (exact) mass is 287 g/mol. The van der Waals surface area contributed by atoms with Gasteiger partial charge in [0.05, 0.1) is 17.0 Å². The highest BCUT2D eigenvalue weighted by Crippen LogP contribution is 2.40. The van der Waals surface area contributed by atoms with Crippen LogP contribution >= 0.6 is 0 Å². The van der Waals surface area contributed by atoms with Gasteiger partial charge in [0, 0.05) is 19.3 Å². The minimum Gasteiger partial charge on any atom is -0.481 e. The van der Waals surface area contributed by atoms with E-state index in [2.05, 4.69) is 5.32 Å². The Labute approximate surface area is 123 Å². The lowest BCUT2D eigenvalue weighted by molar-refractivity contribution is -0.153. The molecule has 1 fully saturated rings. The van der Waals surface area contributed by atoms with Crippen LogP contribution in [0.25, 0.3) is 0 Å². The van der Waals surface area contributed by atoms with E-state index in [0.29, 0.717) is 24.1 Å². The average Bonchev–Trinajstić information content (AvgIpc) is 2.44. The van der Waals surface area contributed by atoms with Gasteiger partial charge in [-0.25, -0.2) is 4.79 Å². The number of aliphatic carboxylic acids is 1. The van der Waals surface area contributed by atoms with E-state index in [9.17, 15) is 14.7 Å². The van der Waals surface area contributed by atoms with Crippen molar-refractivity contribution in [1.82, 2.24) is 5.32 Å². The Balaban J connectivity index is 2.00. The molecule has 1 aliphatic rings. The van der Waals surface area contributed by atoms with E-state index in [1.54, 1.807) is 31.3 Å². The number of carboxylic acids is 1. The number of anilines is 1. The molecule has 1 aromatic rings. The van der Waals surface area contributed by atoms with Crippen LogP contribution in [0.2, 0.25) is 0 Å². The molecule has 1 saturated carbocycles. The van der Waals surface area contributed by atoms with Crippen LogP contribution in [0.5, 0.6) is 0 Å². The molecule has 0 saturated heterocycles. The number of rotatable bonds is 4. The second-order valence-corrected chi connectivity index (χ2v) is 5.32. The topological polar surface area (TPSA) is 93.4 Å². The predicted molar refractivity (Wildman–Crippen MR) is 76.9 cm³/mol. The van der Waals surface area contributed by atoms with E-state index in [1.165, 1.54) is 4.90 Å². The van der Waals surface area contributed by atoms with Gasteiger partial charge in [0.1, 0.15) is 0 Å². The van der Waals surface area contributed by atoms with Gasteiger partial charge in [0.2, 0.25) is 0 Å². The van der Waals surface area contributed by atoms with Crippen molar-refractivity contribution in [1.29, 1.82) is 5.26 Å². The van der Waals surface area contributed by atoms with E-state index in [0.717, 1.165) is 6.42 Å². The second kappa shape index (κ2) is 5.83. The molecule has 0 atom stereocenters. The highest BCUT2D eigenvalue weighted by molar-refractivity contribution is 5.92. The fourth-order valence-corrected chi connectivity index (χ4v) is 2.33. The van der Waals surface area contributed by atoms with Crippen molar-refractivity contribution in [2.24, 2.45) is 5.41 Å². The van der Waals surface area contributed by atoms with Gasteiger partial charge in [-0.15, -0.1) is 0 Å². The molecule has 0 spiro atoms. The highest BCUT2D eigenvalue weighted by atomic mass is 16.4. The summed E-state index contributed by atoms with van der Waals surface area (Å²) in [5.41, 5.74) is 0.239. The van der Waals surface area contributed by atoms with Crippen molar-refractivity contribution in [2.45, 2.75) is 19.3 Å². The molecule has 2 rings (SSSR count). The largest absolute Gasteiger partial charge is 0.481 e. The maximum atomic E-state index is 12.1. The fraction of sp³-hybridized carbons (Fsp3) is 0.400. The van der Waals surface area contributed by atoms with Crippen molar-refractivity contribution >= 4 is 17.7 Å². The molecule has 6 nitrogen and oxygen atoms in total. The van der Waals surface area contributed by atoms with Crippen LogP contribution in [0.15, 0.2) is 24.3 Å². The summed E-state index contributed by atoms with van der Waals surface area (Å²) in [5.74, 6) is -0.858. The Morgan fingerprint density at radius 3 is 2.71 bits per heavy atom. The molecule has 21 heavy (non-hydrogen) atoms. The van der Waals surface area contributed by atoms with Gasteiger partial charge in [-0.3, -0.25) is 9.69 Å². The molecule has 0 bridgehead atoms. The summed E-state index contributed by atoms with van der Waals surface area (Å²) in [6.45, 7) is 0.128. The van der Waals surface area contributed by atoms with E-state index < -0.39 is 11.4 Å². The first-order valence-electron chi connectivity index (χ1n) is 6.74. The number of nitrogens with one attached hydrogen (secondary N) is 1. The number of carbonyl (C=O) groups excluding carboxylic acids is 1. The van der Waals surface area contributed by atoms with Crippen molar-refractivity contribution in [3.8, 4) is 6.07 Å². The maximum Gasteiger partial charge on any atom is 0.321 e. The molecule has 1 aliphatic carbocycles. The predicted octanol–water partition coefficient (Wildman–Crippen LogP) is 1.96. The molecule has 1 aromatic carbocycles. The molecule has 2 N–H and O–H groups in total. The number of carboxylic acid groups (broad SMARTS) is 1. The van der Waals surface area contributed by atoms with Crippen LogP contribution in [-0.2, 0) is 4.79 Å². The Morgan fingerprint density at radius 2 is 2.19 bits per heavy atom. The minimum atomic E-state index is -0.858. The SMILES string of the molecule is CN(C(=O)NCC1(C(=O)O)CCC1)c1cccc(C#N)c1. The molecule has 0 radical (unpaired) electrons. The lowest BCUT2D eigenvalue weighted by Gasteiger charge is -2.37. The number of hydrogen-bond acceptors (Lipinski definition) is 3. The van der Waals surface area contributed by atoms with Crippen molar-refractivity contribution in [2.75, 3.05) is 18.5 Å². The number of urea groups is 1. The van der Waals surface area contributed by atoms with Crippen LogP contribution in [-0.4, -0.2) is 30.7 Å². The zero-order valence-corrected chi connectivity index (χ0v) is 11.8. The van der Waals surface area contributed by atoms with E-state index in [4.69, 9.17) is 5.26 Å². The molecule has 0 unspecified atom stereocenters. The zero-order valence-electron chi connectivity index (χ0n) is 11.8. The summed E-state index contributed by atoms with van der Waals surface area (Å²) in [6, 6.07) is 8.32. The summed E-state index contributed by atoms with van der Waals surface area (Å²) < 4.78 is 0. The Bertz CT molecular complexity index is 602. The van der Waals surface area contributed by atoms with Gasteiger partial charge in [-0.1, -0.05) is 12.5 Å². The molecule has 6 heteroatoms. The third-order valence-electron chi connectivity index (χ3n) is 4.01. The smallest absolute Gasteiger partial charge is 0.321 e. The number of benzene rings is 1. The standard InChI is InChI=1S/C15H17N3O3/c1-18(12-5-2-4-11(8-12)9-16)14(21)17-10-15(13(19)20)6-3-7-15/h2,4-5,8H,3,6-7,10H2,1H3,(H,17,21)(H,19,20). The number of hydrogen-bond donors (Lipinski definition) is 2. The third kappa shape index (κ3) is 2.97. The first kappa shape index (κ1) is 14.9. The average molecular weight is 287 g/mol. The van der Waals surface area contributed by atoms with Crippen molar-refractivity contribution < 1.29 is 14.7 Å². The van der Waals surface area contributed by atoms with Gasteiger partial charge in [0.15, 0.2) is 0 Å². The first-order chi connectivity index (χ1) is 9.98. The fourth-order valence-electron chi connectivity index (χ4n) is 2.33. The lowest BCUT2D eigenvalue weighted by Crippen LogP contribution is -2.50. The van der Waals surface area contributed by atoms with Crippen LogP contribution in [0, 0.1) is 16.7 Å². The molecular weight excluding hydrogens is 270 g/mol. The number of amides is 2. The molecule has 0 heterocycles. The summed E-state index contributed by atoms with van der Waals surface area (Å²) in [5, 5.41) is 20.7. The highest BCUT2D eigenvalue weighted by Gasteiger charge is 2.44. The Kier molecular flexibility index (Phi) is 4.13. The van der Waals surface area contributed by atoms with Gasteiger partial charge < -0.3 is 10.4 Å². The molecule has 110 valence electrons. The Hall–Kier alpha value is -2.55. The zero-order chi connectivity index (χ0) is 15.5. The quantitative estimate of drug-likeness (QED) is 0.885. The number of nitriles is 1. The number of carbonyl (C=O) groups is 2. The maximum absolute atomic E-state index is 12.1. The Morgan fingerprint density at radius 1 is 1.48 bits per heavy atom. The molecular formula is C15H17N3O3. The summed E-state index contributed by atoms with van der Waals surface area (Å²) >= 11 is 0. The van der Waals surface area contributed by atoms with Crippen LogP contribution in [0.1, 0.15) is 24.8 Å². The van der Waals surface area contributed by atoms with E-state index in [-0.39, 0.29) is 12.6 Å². The normalized spacial score (nSPS) is 15.4. The van der Waals surface area contributed by atoms with Crippen LogP contribution in [0.3, 0.4) is 0 Å².